The number of fused-ring (bicyclic) bond motifs is 1. The van der Waals surface area contributed by atoms with Crippen molar-refractivity contribution in [2.75, 3.05) is 13.1 Å². The van der Waals surface area contributed by atoms with E-state index in [1.165, 1.54) is 12.1 Å². The summed E-state index contributed by atoms with van der Waals surface area (Å²) < 4.78 is 13.3. The molecule has 2 heterocycles. The highest BCUT2D eigenvalue weighted by atomic mass is 19.1. The highest BCUT2D eigenvalue weighted by molar-refractivity contribution is 5.98. The Labute approximate surface area is 129 Å². The molecule has 5 heteroatoms. The van der Waals surface area contributed by atoms with Crippen molar-refractivity contribution < 1.29 is 9.18 Å². The molecule has 0 aliphatic carbocycles. The zero-order chi connectivity index (χ0) is 15.7. The van der Waals surface area contributed by atoms with Crippen LogP contribution in [0.15, 0.2) is 24.3 Å². The number of hydrogen-bond acceptors (Lipinski definition) is 3. The van der Waals surface area contributed by atoms with E-state index in [9.17, 15) is 9.18 Å². The molecule has 1 aliphatic rings. The van der Waals surface area contributed by atoms with Crippen molar-refractivity contribution in [1.82, 2.24) is 15.6 Å². The molecule has 116 valence electrons. The lowest BCUT2D eigenvalue weighted by molar-refractivity contribution is 0.0913. The number of aryl methyl sites for hydroxylation is 1. The number of benzene rings is 1. The van der Waals surface area contributed by atoms with Crippen LogP contribution in [0.2, 0.25) is 0 Å². The van der Waals surface area contributed by atoms with E-state index in [2.05, 4.69) is 22.5 Å². The third-order valence-electron chi connectivity index (χ3n) is 4.32. The van der Waals surface area contributed by atoms with Gasteiger partial charge in [0.2, 0.25) is 0 Å². The topological polar surface area (TPSA) is 54.0 Å². The molecule has 1 saturated heterocycles. The number of halogens is 1. The van der Waals surface area contributed by atoms with Crippen LogP contribution in [0.1, 0.15) is 29.4 Å². The molecule has 2 N–H and O–H groups in total. The summed E-state index contributed by atoms with van der Waals surface area (Å²) >= 11 is 0. The van der Waals surface area contributed by atoms with E-state index >= 15 is 0 Å². The minimum Gasteiger partial charge on any atom is -0.349 e. The smallest absolute Gasteiger partial charge is 0.253 e. The van der Waals surface area contributed by atoms with E-state index < -0.39 is 0 Å². The first-order chi connectivity index (χ1) is 10.5. The minimum atomic E-state index is -0.319. The molecule has 0 spiro atoms. The van der Waals surface area contributed by atoms with E-state index in [0.717, 1.165) is 24.9 Å². The number of piperidine rings is 1. The first kappa shape index (κ1) is 14.9. The number of amides is 1. The number of hydrogen-bond donors (Lipinski definition) is 2. The van der Waals surface area contributed by atoms with E-state index in [1.54, 1.807) is 19.1 Å². The summed E-state index contributed by atoms with van der Waals surface area (Å²) in [5.41, 5.74) is 1.76. The fraction of sp³-hybridized carbons (Fsp3) is 0.412. The lowest BCUT2D eigenvalue weighted by Crippen LogP contribution is -2.48. The van der Waals surface area contributed by atoms with Gasteiger partial charge in [-0.2, -0.15) is 0 Å². The third-order valence-corrected chi connectivity index (χ3v) is 4.32. The Morgan fingerprint density at radius 2 is 2.23 bits per heavy atom. The summed E-state index contributed by atoms with van der Waals surface area (Å²) in [5.74, 6) is -0.0179. The largest absolute Gasteiger partial charge is 0.349 e. The average Bonchev–Trinajstić information content (AvgIpc) is 2.48. The quantitative estimate of drug-likeness (QED) is 0.895. The second-order valence-corrected chi connectivity index (χ2v) is 6.01. The van der Waals surface area contributed by atoms with Crippen LogP contribution in [0, 0.1) is 18.7 Å². The average molecular weight is 301 g/mol. The highest BCUT2D eigenvalue weighted by Crippen LogP contribution is 2.19. The molecular formula is C17H20FN3O. The standard InChI is InChI=1S/C17H20FN3O/c1-10-9-19-6-5-15(10)21-17(22)14-7-12-3-4-13(18)8-16(12)20-11(14)2/h3-4,7-8,10,15,19H,5-6,9H2,1-2H3,(H,21,22). The maximum Gasteiger partial charge on any atom is 0.253 e. The van der Waals surface area contributed by atoms with Crippen LogP contribution in [0.4, 0.5) is 4.39 Å². The van der Waals surface area contributed by atoms with Gasteiger partial charge in [-0.05, 0) is 50.6 Å². The van der Waals surface area contributed by atoms with Crippen LogP contribution in [0.3, 0.4) is 0 Å². The van der Waals surface area contributed by atoms with Gasteiger partial charge in [0.15, 0.2) is 0 Å². The number of aromatic nitrogens is 1. The van der Waals surface area contributed by atoms with Gasteiger partial charge in [0.25, 0.3) is 5.91 Å². The molecule has 4 nitrogen and oxygen atoms in total. The molecule has 1 aromatic heterocycles. The Morgan fingerprint density at radius 1 is 1.41 bits per heavy atom. The fourth-order valence-electron chi connectivity index (χ4n) is 2.94. The van der Waals surface area contributed by atoms with Crippen molar-refractivity contribution in [2.45, 2.75) is 26.3 Å². The number of carbonyl (C=O) groups is 1. The van der Waals surface area contributed by atoms with Gasteiger partial charge in [0.05, 0.1) is 16.8 Å². The van der Waals surface area contributed by atoms with Crippen molar-refractivity contribution in [3.63, 3.8) is 0 Å². The van der Waals surface area contributed by atoms with Crippen LogP contribution in [-0.2, 0) is 0 Å². The van der Waals surface area contributed by atoms with E-state index in [4.69, 9.17) is 0 Å². The molecule has 2 aromatic rings. The minimum absolute atomic E-state index is 0.102. The van der Waals surface area contributed by atoms with Gasteiger partial charge in [-0.1, -0.05) is 6.92 Å². The Hall–Kier alpha value is -2.01. The van der Waals surface area contributed by atoms with Crippen molar-refractivity contribution in [1.29, 1.82) is 0 Å². The normalized spacial score (nSPS) is 21.8. The summed E-state index contributed by atoms with van der Waals surface area (Å²) in [6.07, 6.45) is 0.929. The molecule has 0 bridgehead atoms. The Balaban J connectivity index is 1.87. The molecule has 1 aromatic carbocycles. The summed E-state index contributed by atoms with van der Waals surface area (Å²) in [4.78, 5) is 16.9. The summed E-state index contributed by atoms with van der Waals surface area (Å²) in [7, 11) is 0. The first-order valence-corrected chi connectivity index (χ1v) is 7.63. The van der Waals surface area contributed by atoms with Crippen LogP contribution in [-0.4, -0.2) is 30.0 Å². The Kier molecular flexibility index (Phi) is 4.07. The predicted octanol–water partition coefficient (Wildman–Crippen LogP) is 2.41. The monoisotopic (exact) mass is 301 g/mol. The van der Waals surface area contributed by atoms with Gasteiger partial charge in [0.1, 0.15) is 5.82 Å². The van der Waals surface area contributed by atoms with Crippen LogP contribution < -0.4 is 10.6 Å². The fourth-order valence-corrected chi connectivity index (χ4v) is 2.94. The van der Waals surface area contributed by atoms with E-state index in [-0.39, 0.29) is 17.8 Å². The first-order valence-electron chi connectivity index (χ1n) is 7.63. The maximum atomic E-state index is 13.3. The second-order valence-electron chi connectivity index (χ2n) is 6.01. The van der Waals surface area contributed by atoms with Gasteiger partial charge in [-0.15, -0.1) is 0 Å². The maximum absolute atomic E-state index is 13.3. The number of nitrogens with zero attached hydrogens (tertiary/aromatic N) is 1. The van der Waals surface area contributed by atoms with Gasteiger partial charge in [-0.25, -0.2) is 4.39 Å². The van der Waals surface area contributed by atoms with Crippen molar-refractivity contribution in [3.05, 3.63) is 41.3 Å². The van der Waals surface area contributed by atoms with Crippen LogP contribution >= 0.6 is 0 Å². The van der Waals surface area contributed by atoms with Crippen molar-refractivity contribution in [2.24, 2.45) is 5.92 Å². The zero-order valence-electron chi connectivity index (χ0n) is 12.8. The molecular weight excluding hydrogens is 281 g/mol. The molecule has 22 heavy (non-hydrogen) atoms. The molecule has 2 atom stereocenters. The third kappa shape index (κ3) is 2.95. The molecule has 1 aliphatic heterocycles. The molecule has 0 saturated carbocycles. The molecule has 1 fully saturated rings. The molecule has 2 unspecified atom stereocenters. The lowest BCUT2D eigenvalue weighted by atomic mass is 9.95. The van der Waals surface area contributed by atoms with E-state index in [0.29, 0.717) is 22.7 Å². The van der Waals surface area contributed by atoms with Gasteiger partial charge in [0, 0.05) is 17.5 Å². The summed E-state index contributed by atoms with van der Waals surface area (Å²) in [6, 6.07) is 6.39. The van der Waals surface area contributed by atoms with Gasteiger partial charge < -0.3 is 10.6 Å². The summed E-state index contributed by atoms with van der Waals surface area (Å²) in [6.45, 7) is 5.75. The second kappa shape index (κ2) is 6.01. The molecule has 0 radical (unpaired) electrons. The Bertz CT molecular complexity index is 716. The molecule has 3 rings (SSSR count). The van der Waals surface area contributed by atoms with Crippen LogP contribution in [0.25, 0.3) is 10.9 Å². The van der Waals surface area contributed by atoms with Gasteiger partial charge in [-0.3, -0.25) is 9.78 Å². The number of carbonyl (C=O) groups excluding carboxylic acids is 1. The molecule has 1 amide bonds. The van der Waals surface area contributed by atoms with Crippen LogP contribution in [0.5, 0.6) is 0 Å². The zero-order valence-corrected chi connectivity index (χ0v) is 12.8. The van der Waals surface area contributed by atoms with Gasteiger partial charge >= 0.3 is 0 Å². The van der Waals surface area contributed by atoms with E-state index in [1.807, 2.05) is 0 Å². The Morgan fingerprint density at radius 3 is 3.00 bits per heavy atom. The van der Waals surface area contributed by atoms with Crippen molar-refractivity contribution >= 4 is 16.8 Å². The lowest BCUT2D eigenvalue weighted by Gasteiger charge is -2.30. The highest BCUT2D eigenvalue weighted by Gasteiger charge is 2.24. The number of rotatable bonds is 2. The van der Waals surface area contributed by atoms with Crippen molar-refractivity contribution in [3.8, 4) is 0 Å². The summed E-state index contributed by atoms with van der Waals surface area (Å²) in [5, 5.41) is 7.20. The SMILES string of the molecule is Cc1nc2cc(F)ccc2cc1C(=O)NC1CCNCC1C. The number of nitrogens with one attached hydrogen (secondary N) is 2. The predicted molar refractivity (Wildman–Crippen MR) is 84.3 cm³/mol. The number of pyridine rings is 1.